The summed E-state index contributed by atoms with van der Waals surface area (Å²) in [5.74, 6) is 1.08. The number of nitrogen functional groups attached to an aromatic ring is 1. The number of fused-ring (bicyclic) bond motifs is 1. The molecule has 0 aromatic carbocycles. The Kier molecular flexibility index (Phi) is 3.48. The minimum atomic E-state index is -0.0640. The molecule has 116 valence electrons. The van der Waals surface area contributed by atoms with Crippen LogP contribution >= 0.6 is 0 Å². The number of aryl methyl sites for hydroxylation is 1. The maximum absolute atomic E-state index is 11.9. The van der Waals surface area contributed by atoms with E-state index in [2.05, 4.69) is 20.2 Å². The first-order valence-corrected chi connectivity index (χ1v) is 7.25. The van der Waals surface area contributed by atoms with Crippen molar-refractivity contribution in [2.24, 2.45) is 7.05 Å². The van der Waals surface area contributed by atoms with Gasteiger partial charge in [0.15, 0.2) is 0 Å². The van der Waals surface area contributed by atoms with Crippen molar-refractivity contribution in [3.63, 3.8) is 0 Å². The summed E-state index contributed by atoms with van der Waals surface area (Å²) in [6.07, 6.45) is 2.62. The van der Waals surface area contributed by atoms with Crippen molar-refractivity contribution in [3.05, 3.63) is 34.8 Å². The number of aromatic nitrogens is 3. The highest BCUT2D eigenvalue weighted by Crippen LogP contribution is 2.27. The molecule has 1 aliphatic rings. The third kappa shape index (κ3) is 2.28. The normalized spacial score (nSPS) is 13.9. The third-order valence-corrected chi connectivity index (χ3v) is 4.16. The molecule has 0 bridgehead atoms. The van der Waals surface area contributed by atoms with Crippen molar-refractivity contribution in [2.75, 3.05) is 24.2 Å². The van der Waals surface area contributed by atoms with Gasteiger partial charge in [-0.25, -0.2) is 4.98 Å². The Labute approximate surface area is 129 Å². The predicted octanol–water partition coefficient (Wildman–Crippen LogP) is 0.628. The number of hydrogen-bond donors (Lipinski definition) is 2. The summed E-state index contributed by atoms with van der Waals surface area (Å²) in [4.78, 5) is 22.5. The van der Waals surface area contributed by atoms with Crippen LogP contribution in [-0.2, 0) is 20.0 Å². The number of anilines is 2. The van der Waals surface area contributed by atoms with Gasteiger partial charge in [-0.05, 0) is 25.0 Å². The van der Waals surface area contributed by atoms with Crippen LogP contribution < -0.4 is 16.0 Å². The Morgan fingerprint density at radius 1 is 1.45 bits per heavy atom. The van der Waals surface area contributed by atoms with E-state index in [0.717, 1.165) is 30.0 Å². The van der Waals surface area contributed by atoms with Crippen LogP contribution in [-0.4, -0.2) is 34.0 Å². The number of rotatable bonds is 2. The molecule has 3 heterocycles. The Hall–Kier alpha value is -2.57. The summed E-state index contributed by atoms with van der Waals surface area (Å²) in [6, 6.07) is 1.98. The van der Waals surface area contributed by atoms with Crippen LogP contribution in [0.4, 0.5) is 11.8 Å². The lowest BCUT2D eigenvalue weighted by atomic mass is 10.1. The molecule has 3 N–H and O–H groups in total. The fraction of sp³-hybridized carbons (Fsp3) is 0.400. The van der Waals surface area contributed by atoms with Crippen LogP contribution in [0.5, 0.6) is 0 Å². The standard InChI is InChI=1S/C15H20N6O/c1-9-7-18-15(16)19-13(9)21-5-4-10-6-11(14(22)17-2)20(3)12(10)8-21/h6-7H,4-5,8H2,1-3H3,(H,17,22)(H2,16,18,19). The molecule has 0 atom stereocenters. The Balaban J connectivity index is 1.95. The smallest absolute Gasteiger partial charge is 0.267 e. The van der Waals surface area contributed by atoms with Crippen molar-refractivity contribution >= 4 is 17.7 Å². The van der Waals surface area contributed by atoms with Crippen LogP contribution in [0.3, 0.4) is 0 Å². The molecule has 0 fully saturated rings. The molecule has 1 amide bonds. The fourth-order valence-corrected chi connectivity index (χ4v) is 2.94. The number of amides is 1. The average Bonchev–Trinajstić information content (AvgIpc) is 2.85. The molecule has 7 nitrogen and oxygen atoms in total. The molecule has 2 aromatic rings. The Morgan fingerprint density at radius 2 is 2.23 bits per heavy atom. The fourth-order valence-electron chi connectivity index (χ4n) is 2.94. The van der Waals surface area contributed by atoms with Gasteiger partial charge in [0.05, 0.1) is 6.54 Å². The number of nitrogens with one attached hydrogen (secondary N) is 1. The quantitative estimate of drug-likeness (QED) is 0.849. The van der Waals surface area contributed by atoms with Gasteiger partial charge >= 0.3 is 0 Å². The summed E-state index contributed by atoms with van der Waals surface area (Å²) in [5, 5.41) is 2.68. The lowest BCUT2D eigenvalue weighted by molar-refractivity contribution is 0.0955. The summed E-state index contributed by atoms with van der Waals surface area (Å²) in [7, 11) is 3.57. The van der Waals surface area contributed by atoms with Crippen molar-refractivity contribution < 1.29 is 4.79 Å². The molecule has 2 aromatic heterocycles. The zero-order valence-electron chi connectivity index (χ0n) is 13.1. The molecule has 0 saturated heterocycles. The van der Waals surface area contributed by atoms with Crippen molar-refractivity contribution in [1.29, 1.82) is 0 Å². The minimum absolute atomic E-state index is 0.0640. The molecule has 0 aliphatic carbocycles. The maximum Gasteiger partial charge on any atom is 0.267 e. The molecular formula is C15H20N6O. The third-order valence-electron chi connectivity index (χ3n) is 4.16. The topological polar surface area (TPSA) is 89.1 Å². The van der Waals surface area contributed by atoms with Gasteiger partial charge in [-0.1, -0.05) is 0 Å². The van der Waals surface area contributed by atoms with Gasteiger partial charge < -0.3 is 20.5 Å². The number of hydrogen-bond acceptors (Lipinski definition) is 5. The van der Waals surface area contributed by atoms with Crippen LogP contribution in [0, 0.1) is 6.92 Å². The first-order valence-electron chi connectivity index (χ1n) is 7.25. The van der Waals surface area contributed by atoms with Crippen LogP contribution in [0.2, 0.25) is 0 Å². The first kappa shape index (κ1) is 14.4. The highest BCUT2D eigenvalue weighted by atomic mass is 16.1. The van der Waals surface area contributed by atoms with E-state index in [0.29, 0.717) is 12.2 Å². The molecular weight excluding hydrogens is 280 g/mol. The van der Waals surface area contributed by atoms with Gasteiger partial charge in [-0.2, -0.15) is 4.98 Å². The van der Waals surface area contributed by atoms with Gasteiger partial charge in [-0.3, -0.25) is 4.79 Å². The number of nitrogens with zero attached hydrogens (tertiary/aromatic N) is 4. The van der Waals surface area contributed by atoms with Crippen LogP contribution in [0.15, 0.2) is 12.3 Å². The average molecular weight is 300 g/mol. The summed E-state index contributed by atoms with van der Waals surface area (Å²) in [6.45, 7) is 3.53. The highest BCUT2D eigenvalue weighted by molar-refractivity contribution is 5.93. The molecule has 1 aliphatic heterocycles. The minimum Gasteiger partial charge on any atom is -0.368 e. The van der Waals surface area contributed by atoms with E-state index in [4.69, 9.17) is 5.73 Å². The van der Waals surface area contributed by atoms with Gasteiger partial charge in [0.25, 0.3) is 5.91 Å². The summed E-state index contributed by atoms with van der Waals surface area (Å²) < 4.78 is 1.96. The zero-order valence-corrected chi connectivity index (χ0v) is 13.1. The van der Waals surface area contributed by atoms with Gasteiger partial charge in [-0.15, -0.1) is 0 Å². The number of nitrogens with two attached hydrogens (primary N) is 1. The van der Waals surface area contributed by atoms with Gasteiger partial charge in [0.1, 0.15) is 11.5 Å². The lowest BCUT2D eigenvalue weighted by Crippen LogP contribution is -2.32. The lowest BCUT2D eigenvalue weighted by Gasteiger charge is -2.30. The largest absolute Gasteiger partial charge is 0.368 e. The second-order valence-corrected chi connectivity index (χ2v) is 5.55. The Bertz CT molecular complexity index is 736. The highest BCUT2D eigenvalue weighted by Gasteiger charge is 2.25. The molecule has 0 radical (unpaired) electrons. The SMILES string of the molecule is CNC(=O)c1cc2c(n1C)CN(c1nc(N)ncc1C)CC2. The van der Waals surface area contributed by atoms with E-state index < -0.39 is 0 Å². The van der Waals surface area contributed by atoms with E-state index in [1.165, 1.54) is 5.56 Å². The van der Waals surface area contributed by atoms with Crippen molar-refractivity contribution in [1.82, 2.24) is 19.9 Å². The van der Waals surface area contributed by atoms with Crippen LogP contribution in [0.25, 0.3) is 0 Å². The molecule has 0 saturated carbocycles. The van der Waals surface area contributed by atoms with E-state index in [1.807, 2.05) is 24.6 Å². The summed E-state index contributed by atoms with van der Waals surface area (Å²) in [5.41, 5.74) is 9.76. The second kappa shape index (κ2) is 5.32. The molecule has 0 spiro atoms. The van der Waals surface area contributed by atoms with Crippen LogP contribution in [0.1, 0.15) is 27.3 Å². The van der Waals surface area contributed by atoms with E-state index in [1.54, 1.807) is 13.2 Å². The predicted molar refractivity (Wildman–Crippen MR) is 84.7 cm³/mol. The van der Waals surface area contributed by atoms with Gasteiger partial charge in [0.2, 0.25) is 5.95 Å². The first-order chi connectivity index (χ1) is 10.5. The van der Waals surface area contributed by atoms with E-state index >= 15 is 0 Å². The van der Waals surface area contributed by atoms with E-state index in [-0.39, 0.29) is 11.9 Å². The summed E-state index contributed by atoms with van der Waals surface area (Å²) >= 11 is 0. The molecule has 3 rings (SSSR count). The monoisotopic (exact) mass is 300 g/mol. The molecule has 22 heavy (non-hydrogen) atoms. The molecule has 0 unspecified atom stereocenters. The van der Waals surface area contributed by atoms with E-state index in [9.17, 15) is 4.79 Å². The van der Waals surface area contributed by atoms with Gasteiger partial charge in [0, 0.05) is 38.1 Å². The maximum atomic E-state index is 11.9. The zero-order chi connectivity index (χ0) is 15.9. The second-order valence-electron chi connectivity index (χ2n) is 5.55. The Morgan fingerprint density at radius 3 is 2.95 bits per heavy atom. The number of carbonyl (C=O) groups is 1. The van der Waals surface area contributed by atoms with Crippen molar-refractivity contribution in [2.45, 2.75) is 19.9 Å². The van der Waals surface area contributed by atoms with Crippen molar-refractivity contribution in [3.8, 4) is 0 Å². The molecule has 7 heteroatoms. The number of carbonyl (C=O) groups excluding carboxylic acids is 1.